The van der Waals surface area contributed by atoms with Crippen molar-refractivity contribution in [3.05, 3.63) is 70.9 Å². The van der Waals surface area contributed by atoms with Gasteiger partial charge in [-0.25, -0.2) is 4.79 Å². The molecule has 9 unspecified atom stereocenters. The predicted octanol–water partition coefficient (Wildman–Crippen LogP) is 3.32. The SMILES string of the molecule is CCC1(O)CC2CN(CCc3c([nH]c4ccccc34)C(C(=O)OC)(c3cc4c(cc3OC)N(C=O)C3C(O)(C(=O)OC)CC5(CC)C=CCN6CCC43C65)C2)C1.O=S(=O)(O)O. The van der Waals surface area contributed by atoms with Crippen LogP contribution in [-0.2, 0) is 51.5 Å². The number of methoxy groups -OCH3 is 3. The number of amides is 1. The number of nitrogens with one attached hydrogen (secondary N) is 1. The number of anilines is 1. The number of hydrogen-bond donors (Lipinski definition) is 5. The summed E-state index contributed by atoms with van der Waals surface area (Å²) in [6.45, 7) is 7.49. The third kappa shape index (κ3) is 6.44. The van der Waals surface area contributed by atoms with E-state index in [1.54, 1.807) is 7.11 Å². The maximum Gasteiger partial charge on any atom is 0.394 e. The number of nitrogens with zero attached hydrogens (tertiary/aromatic N) is 3. The molecule has 1 saturated carbocycles. The Morgan fingerprint density at radius 1 is 0.967 bits per heavy atom. The average Bonchev–Trinajstić information content (AvgIpc) is 3.91. The fourth-order valence-corrected chi connectivity index (χ4v) is 13.0. The average molecular weight is 865 g/mol. The summed E-state index contributed by atoms with van der Waals surface area (Å²) in [5, 5.41) is 25.8. The summed E-state index contributed by atoms with van der Waals surface area (Å²) >= 11 is 0. The van der Waals surface area contributed by atoms with E-state index in [1.165, 1.54) is 19.1 Å². The summed E-state index contributed by atoms with van der Waals surface area (Å²) in [6, 6.07) is 10.9. The minimum absolute atomic E-state index is 0.0959. The molecule has 3 fully saturated rings. The van der Waals surface area contributed by atoms with Gasteiger partial charge in [0.15, 0.2) is 5.60 Å². The van der Waals surface area contributed by atoms with Crippen LogP contribution < -0.4 is 9.64 Å². The number of aromatic nitrogens is 1. The molecule has 330 valence electrons. The first-order valence-corrected chi connectivity index (χ1v) is 22.3. The predicted molar refractivity (Wildman–Crippen MR) is 224 cm³/mol. The molecule has 2 bridgehead atoms. The van der Waals surface area contributed by atoms with Gasteiger partial charge in [-0.3, -0.25) is 28.5 Å². The number of carbonyl (C=O) groups excluding carboxylic acids is 3. The van der Waals surface area contributed by atoms with Gasteiger partial charge in [-0.2, -0.15) is 8.42 Å². The van der Waals surface area contributed by atoms with E-state index in [9.17, 15) is 19.8 Å². The monoisotopic (exact) mass is 864 g/mol. The van der Waals surface area contributed by atoms with Crippen LogP contribution in [0.4, 0.5) is 5.69 Å². The Kier molecular flexibility index (Phi) is 10.8. The number of H-pyrrole nitrogens is 1. The van der Waals surface area contributed by atoms with Crippen molar-refractivity contribution < 1.29 is 56.3 Å². The van der Waals surface area contributed by atoms with Gasteiger partial charge in [0.05, 0.1) is 38.7 Å². The standard InChI is InChI=1S/C44H54N4O8.H2O4S/c1-6-40-14-10-16-47-18-15-42(36(40)47)30-19-31(34(54-3)20-33(30)48(26-49)37(42)44(53,24-40)39(51)56-5)43(38(50)55-4)22-27-21-41(52,7-2)25-46(23-27)17-13-29-28-11-8-9-12-32(28)45-35(29)43;1-5(2,3)4/h8-12,14,19-20,26-27,36-37,45,52-53H,6-7,13,15-18,21-25H2,1-5H3;(H2,1,2,3,4). The van der Waals surface area contributed by atoms with Crippen molar-refractivity contribution >= 4 is 45.3 Å². The van der Waals surface area contributed by atoms with E-state index in [0.717, 1.165) is 34.1 Å². The lowest BCUT2D eigenvalue weighted by atomic mass is 9.49. The van der Waals surface area contributed by atoms with Crippen LogP contribution in [0.5, 0.6) is 5.75 Å². The number of hydrogen-bond acceptors (Lipinski definition) is 12. The molecule has 6 aliphatic rings. The van der Waals surface area contributed by atoms with Crippen molar-refractivity contribution in [2.75, 3.05) is 59.0 Å². The first kappa shape index (κ1) is 43.3. The molecule has 1 aliphatic carbocycles. The summed E-state index contributed by atoms with van der Waals surface area (Å²) in [5.41, 5.74) is -1.32. The second kappa shape index (κ2) is 15.2. The molecule has 1 spiro atoms. The highest BCUT2D eigenvalue weighted by atomic mass is 32.3. The molecular formula is C44H56N4O12S. The van der Waals surface area contributed by atoms with E-state index in [0.29, 0.717) is 88.2 Å². The fourth-order valence-electron chi connectivity index (χ4n) is 13.0. The molecule has 61 heavy (non-hydrogen) atoms. The van der Waals surface area contributed by atoms with E-state index in [4.69, 9.17) is 31.7 Å². The van der Waals surface area contributed by atoms with Crippen LogP contribution in [0.1, 0.15) is 74.8 Å². The van der Waals surface area contributed by atoms with Crippen LogP contribution in [0, 0.1) is 11.3 Å². The van der Waals surface area contributed by atoms with Crippen LogP contribution in [0.25, 0.3) is 10.9 Å². The topological polar surface area (TPSA) is 219 Å². The summed E-state index contributed by atoms with van der Waals surface area (Å²) in [4.78, 5) is 52.8. The summed E-state index contributed by atoms with van der Waals surface area (Å²) in [7, 11) is -0.393. The van der Waals surface area contributed by atoms with Gasteiger partial charge < -0.3 is 34.3 Å². The van der Waals surface area contributed by atoms with Crippen LogP contribution in [-0.4, -0.2) is 138 Å². The second-order valence-electron chi connectivity index (χ2n) is 18.0. The Hall–Kier alpha value is -4.36. The van der Waals surface area contributed by atoms with Gasteiger partial charge in [-0.05, 0) is 80.7 Å². The van der Waals surface area contributed by atoms with Crippen LogP contribution in [0.15, 0.2) is 48.6 Å². The molecule has 5 N–H and O–H groups in total. The minimum atomic E-state index is -4.67. The smallest absolute Gasteiger partial charge is 0.394 e. The third-order valence-corrected chi connectivity index (χ3v) is 15.1. The molecule has 9 rings (SSSR count). The molecule has 3 aromatic rings. The Balaban J connectivity index is 0.000000973. The maximum absolute atomic E-state index is 15.2. The summed E-state index contributed by atoms with van der Waals surface area (Å²) in [6.07, 6.45) is 8.41. The van der Waals surface area contributed by atoms with Crippen LogP contribution >= 0.6 is 0 Å². The summed E-state index contributed by atoms with van der Waals surface area (Å²) in [5.74, 6) is -0.932. The zero-order chi connectivity index (χ0) is 43.9. The van der Waals surface area contributed by atoms with E-state index in [-0.39, 0.29) is 18.4 Å². The Bertz CT molecular complexity index is 2400. The van der Waals surface area contributed by atoms with Crippen LogP contribution in [0.3, 0.4) is 0 Å². The second-order valence-corrected chi connectivity index (χ2v) is 18.9. The molecule has 17 heteroatoms. The number of esters is 2. The van der Waals surface area contributed by atoms with Crippen molar-refractivity contribution in [1.29, 1.82) is 0 Å². The van der Waals surface area contributed by atoms with Crippen molar-refractivity contribution in [3.8, 4) is 5.75 Å². The number of carbonyl (C=O) groups is 3. The maximum atomic E-state index is 15.2. The third-order valence-electron chi connectivity index (χ3n) is 15.1. The molecule has 2 aromatic carbocycles. The number of ether oxygens (including phenoxy) is 3. The van der Waals surface area contributed by atoms with Crippen molar-refractivity contribution in [2.45, 2.75) is 92.9 Å². The Morgan fingerprint density at radius 2 is 1.69 bits per heavy atom. The zero-order valence-electron chi connectivity index (χ0n) is 35.2. The highest BCUT2D eigenvalue weighted by molar-refractivity contribution is 7.79. The van der Waals surface area contributed by atoms with Crippen molar-refractivity contribution in [3.63, 3.8) is 0 Å². The van der Waals surface area contributed by atoms with Gasteiger partial charge in [0.25, 0.3) is 0 Å². The van der Waals surface area contributed by atoms with Crippen molar-refractivity contribution in [2.24, 2.45) is 11.3 Å². The molecule has 1 aromatic heterocycles. The highest BCUT2D eigenvalue weighted by Crippen LogP contribution is 2.67. The normalized spacial score (nSPS) is 34.9. The number of aromatic amines is 1. The van der Waals surface area contributed by atoms with Crippen molar-refractivity contribution in [1.82, 2.24) is 14.8 Å². The zero-order valence-corrected chi connectivity index (χ0v) is 36.0. The number of benzene rings is 2. The van der Waals surface area contributed by atoms with Gasteiger partial charge in [-0.15, -0.1) is 0 Å². The Labute approximate surface area is 355 Å². The van der Waals surface area contributed by atoms with Crippen LogP contribution in [0.2, 0.25) is 0 Å². The number of fused-ring (bicyclic) bond motifs is 6. The first-order valence-electron chi connectivity index (χ1n) is 20.9. The number of piperidine rings is 1. The fraction of sp³-hybridized carbons (Fsp3) is 0.568. The van der Waals surface area contributed by atoms with E-state index >= 15 is 4.79 Å². The quantitative estimate of drug-likeness (QED) is 0.0997. The van der Waals surface area contributed by atoms with E-state index in [2.05, 4.69) is 39.9 Å². The van der Waals surface area contributed by atoms with Gasteiger partial charge in [0.2, 0.25) is 6.41 Å². The number of aliphatic hydroxyl groups is 2. The highest BCUT2D eigenvalue weighted by Gasteiger charge is 2.76. The first-order chi connectivity index (χ1) is 28.9. The molecule has 9 atom stereocenters. The molecule has 16 nitrogen and oxygen atoms in total. The lowest BCUT2D eigenvalue weighted by Gasteiger charge is -2.60. The van der Waals surface area contributed by atoms with Gasteiger partial charge in [0.1, 0.15) is 11.2 Å². The van der Waals surface area contributed by atoms with Gasteiger partial charge >= 0.3 is 22.3 Å². The van der Waals surface area contributed by atoms with Gasteiger partial charge in [-0.1, -0.05) is 44.2 Å². The molecule has 0 radical (unpaired) electrons. The van der Waals surface area contributed by atoms with E-state index < -0.39 is 55.8 Å². The molecule has 6 heterocycles. The Morgan fingerprint density at radius 3 is 2.34 bits per heavy atom. The van der Waals surface area contributed by atoms with E-state index in [1.807, 2.05) is 37.3 Å². The minimum Gasteiger partial charge on any atom is -0.496 e. The molecule has 1 amide bonds. The molecule has 5 aliphatic heterocycles. The molecular weight excluding hydrogens is 809 g/mol. The van der Waals surface area contributed by atoms with Gasteiger partial charge in [0, 0.05) is 71.3 Å². The summed E-state index contributed by atoms with van der Waals surface area (Å²) < 4.78 is 49.2. The lowest BCUT2D eigenvalue weighted by Crippen LogP contribution is -2.74. The molecule has 2 saturated heterocycles. The number of para-hydroxylation sites is 1. The number of rotatable bonds is 7. The lowest BCUT2D eigenvalue weighted by molar-refractivity contribution is -0.181. The largest absolute Gasteiger partial charge is 0.496 e.